The van der Waals surface area contributed by atoms with Gasteiger partial charge in [0.15, 0.2) is 0 Å². The normalized spacial score (nSPS) is 12.8. The highest BCUT2D eigenvalue weighted by molar-refractivity contribution is 5.70. The number of pyridine rings is 2. The maximum absolute atomic E-state index is 12.1. The van der Waals surface area contributed by atoms with E-state index < -0.39 is 37.1 Å². The van der Waals surface area contributed by atoms with Gasteiger partial charge in [-0.25, -0.2) is 0 Å². The molecule has 4 aromatic rings. The predicted molar refractivity (Wildman–Crippen MR) is 152 cm³/mol. The van der Waals surface area contributed by atoms with Gasteiger partial charge in [-0.15, -0.1) is 0 Å². The molecule has 4 N–H and O–H groups in total. The largest absolute Gasteiger partial charge is 0.508 e. The minimum absolute atomic E-state index is 0.00963. The molecule has 2 aromatic carbocycles. The highest BCUT2D eigenvalue weighted by Gasteiger charge is 2.32. The highest BCUT2D eigenvalue weighted by atomic mass is 16.4. The Morgan fingerprint density at radius 1 is 0.683 bits per heavy atom. The van der Waals surface area contributed by atoms with Gasteiger partial charge >= 0.3 is 11.9 Å². The molecule has 0 radical (unpaired) electrons. The first kappa shape index (κ1) is 29.2. The molecule has 4 rings (SSSR count). The Bertz CT molecular complexity index is 1470. The number of carboxylic acid groups (broad SMARTS) is 2. The molecule has 212 valence electrons. The fraction of sp³-hybridized carbons (Fsp3) is 0.226. The molecule has 0 fully saturated rings. The molecule has 2 heterocycles. The van der Waals surface area contributed by atoms with E-state index in [4.69, 9.17) is 0 Å². The Labute approximate surface area is 237 Å². The van der Waals surface area contributed by atoms with Crippen LogP contribution in [0.2, 0.25) is 0 Å². The van der Waals surface area contributed by atoms with Gasteiger partial charge in [-0.1, -0.05) is 48.0 Å². The van der Waals surface area contributed by atoms with Crippen LogP contribution in [0.15, 0.2) is 91.3 Å². The van der Waals surface area contributed by atoms with Crippen LogP contribution >= 0.6 is 0 Å². The van der Waals surface area contributed by atoms with Gasteiger partial charge in [-0.05, 0) is 43.3 Å². The summed E-state index contributed by atoms with van der Waals surface area (Å²) in [4.78, 5) is 36.4. The van der Waals surface area contributed by atoms with E-state index in [0.717, 1.165) is 5.56 Å². The Balaban J connectivity index is 1.77. The zero-order valence-electron chi connectivity index (χ0n) is 22.5. The molecule has 10 nitrogen and oxygen atoms in total. The number of aryl methyl sites for hydroxylation is 1. The van der Waals surface area contributed by atoms with Gasteiger partial charge in [-0.2, -0.15) is 0 Å². The number of carboxylic acids is 2. The van der Waals surface area contributed by atoms with Crippen LogP contribution in [0.4, 0.5) is 0 Å². The van der Waals surface area contributed by atoms with Crippen molar-refractivity contribution in [2.24, 2.45) is 0 Å². The molecule has 0 aliphatic rings. The van der Waals surface area contributed by atoms with Gasteiger partial charge in [-0.3, -0.25) is 29.4 Å². The van der Waals surface area contributed by atoms with Crippen LogP contribution in [0, 0.1) is 6.92 Å². The summed E-state index contributed by atoms with van der Waals surface area (Å²) < 4.78 is 0. The first-order chi connectivity index (χ1) is 19.7. The second kappa shape index (κ2) is 13.5. The first-order valence-corrected chi connectivity index (χ1v) is 13.1. The van der Waals surface area contributed by atoms with E-state index in [2.05, 4.69) is 9.97 Å². The van der Waals surface area contributed by atoms with E-state index in [9.17, 15) is 30.0 Å². The van der Waals surface area contributed by atoms with Crippen LogP contribution in [-0.4, -0.2) is 78.3 Å². The summed E-state index contributed by atoms with van der Waals surface area (Å²) in [7, 11) is 0. The van der Waals surface area contributed by atoms with Gasteiger partial charge in [0.25, 0.3) is 0 Å². The summed E-state index contributed by atoms with van der Waals surface area (Å²) in [5, 5.41) is 41.3. The Morgan fingerprint density at radius 3 is 1.66 bits per heavy atom. The molecule has 0 amide bonds. The topological polar surface area (TPSA) is 147 Å². The first-order valence-electron chi connectivity index (χ1n) is 13.1. The third-order valence-electron chi connectivity index (χ3n) is 6.73. The number of para-hydroxylation sites is 1. The molecule has 1 unspecified atom stereocenters. The molecule has 2 atom stereocenters. The van der Waals surface area contributed by atoms with Crippen LogP contribution in [0.1, 0.15) is 40.2 Å². The average molecular weight is 557 g/mol. The maximum atomic E-state index is 12.1. The van der Waals surface area contributed by atoms with Gasteiger partial charge in [0.2, 0.25) is 0 Å². The Morgan fingerprint density at radius 2 is 1.17 bits per heavy atom. The van der Waals surface area contributed by atoms with Gasteiger partial charge in [0.05, 0.1) is 36.6 Å². The quantitative estimate of drug-likeness (QED) is 0.191. The van der Waals surface area contributed by atoms with Crippen LogP contribution in [0.3, 0.4) is 0 Å². The lowest BCUT2D eigenvalue weighted by Gasteiger charge is -2.35. The van der Waals surface area contributed by atoms with E-state index in [1.165, 1.54) is 6.07 Å². The second-order valence-corrected chi connectivity index (χ2v) is 9.66. The number of aromatic nitrogens is 2. The van der Waals surface area contributed by atoms with Crippen LogP contribution in [0.5, 0.6) is 11.5 Å². The molecule has 2 aromatic heterocycles. The summed E-state index contributed by atoms with van der Waals surface area (Å²) in [5.41, 5.74) is 2.88. The zero-order valence-corrected chi connectivity index (χ0v) is 22.5. The number of phenols is 2. The molecule has 0 saturated heterocycles. The van der Waals surface area contributed by atoms with Gasteiger partial charge in [0, 0.05) is 36.6 Å². The minimum atomic E-state index is -1.09. The molecule has 0 spiro atoms. The summed E-state index contributed by atoms with van der Waals surface area (Å²) in [6.45, 7) is 1.25. The fourth-order valence-corrected chi connectivity index (χ4v) is 4.98. The molecular formula is C31H32N4O6. The van der Waals surface area contributed by atoms with E-state index in [0.29, 0.717) is 22.5 Å². The lowest BCUT2D eigenvalue weighted by atomic mass is 9.97. The number of phenolic OH excluding ortho intramolecular Hbond substituents is 2. The summed E-state index contributed by atoms with van der Waals surface area (Å²) in [6, 6.07) is 20.9. The van der Waals surface area contributed by atoms with Gasteiger partial charge in [0.1, 0.15) is 11.5 Å². The van der Waals surface area contributed by atoms with E-state index in [1.807, 2.05) is 6.92 Å². The lowest BCUT2D eigenvalue weighted by molar-refractivity contribution is -0.140. The molecular weight excluding hydrogens is 524 g/mol. The molecule has 0 aliphatic carbocycles. The number of hydrogen-bond acceptors (Lipinski definition) is 8. The number of hydrogen-bond donors (Lipinski definition) is 4. The van der Waals surface area contributed by atoms with E-state index in [1.54, 1.807) is 95.0 Å². The summed E-state index contributed by atoms with van der Waals surface area (Å²) in [5.74, 6) is -2.21. The second-order valence-electron chi connectivity index (χ2n) is 9.66. The predicted octanol–water partition coefficient (Wildman–Crippen LogP) is 3.85. The standard InChI is InChI=1S/C31H32N4O6/c1-21-12-13-27(37)23(18-21)31(25-10-5-7-15-33-25)35(20-29(40)41)17-16-34(19-28(38)39)30(24-9-4-6-14-32-24)22-8-2-3-11-26(22)36/h2-15,18,30-31,36-37H,16-17,19-20H2,1H3,(H,38,39)(H,40,41)/t30?,31-/m0/s1. The van der Waals surface area contributed by atoms with E-state index in [-0.39, 0.29) is 24.6 Å². The van der Waals surface area contributed by atoms with E-state index >= 15 is 0 Å². The zero-order chi connectivity index (χ0) is 29.4. The number of nitrogens with zero attached hydrogens (tertiary/aromatic N) is 4. The van der Waals surface area contributed by atoms with Crippen LogP contribution in [0.25, 0.3) is 0 Å². The van der Waals surface area contributed by atoms with Crippen molar-refractivity contribution in [1.29, 1.82) is 0 Å². The minimum Gasteiger partial charge on any atom is -0.508 e. The Kier molecular flexibility index (Phi) is 9.62. The fourth-order valence-electron chi connectivity index (χ4n) is 4.98. The van der Waals surface area contributed by atoms with Crippen molar-refractivity contribution in [2.75, 3.05) is 26.2 Å². The Hall–Kier alpha value is -4.80. The van der Waals surface area contributed by atoms with Crippen molar-refractivity contribution in [3.63, 3.8) is 0 Å². The number of carbonyl (C=O) groups is 2. The lowest BCUT2D eigenvalue weighted by Crippen LogP contribution is -2.43. The summed E-state index contributed by atoms with van der Waals surface area (Å²) in [6.07, 6.45) is 3.19. The molecule has 41 heavy (non-hydrogen) atoms. The molecule has 0 aliphatic heterocycles. The van der Waals surface area contributed by atoms with Crippen molar-refractivity contribution in [3.05, 3.63) is 119 Å². The maximum Gasteiger partial charge on any atom is 0.317 e. The molecule has 0 saturated carbocycles. The van der Waals surface area contributed by atoms with Crippen molar-refractivity contribution < 1.29 is 30.0 Å². The number of aromatic hydroxyl groups is 2. The van der Waals surface area contributed by atoms with Crippen molar-refractivity contribution in [1.82, 2.24) is 19.8 Å². The van der Waals surface area contributed by atoms with Crippen molar-refractivity contribution in [3.8, 4) is 11.5 Å². The van der Waals surface area contributed by atoms with Crippen LogP contribution < -0.4 is 0 Å². The third kappa shape index (κ3) is 7.44. The smallest absolute Gasteiger partial charge is 0.317 e. The van der Waals surface area contributed by atoms with Crippen molar-refractivity contribution in [2.45, 2.75) is 19.0 Å². The number of aliphatic carboxylic acids is 2. The van der Waals surface area contributed by atoms with Crippen molar-refractivity contribution >= 4 is 11.9 Å². The SMILES string of the molecule is Cc1ccc(O)c([C@@H](c2ccccn2)N(CCN(CC(=O)O)C(c2ccccn2)c2ccccc2O)CC(=O)O)c1. The van der Waals surface area contributed by atoms with Crippen LogP contribution in [-0.2, 0) is 9.59 Å². The highest BCUT2D eigenvalue weighted by Crippen LogP contribution is 2.36. The third-order valence-corrected chi connectivity index (χ3v) is 6.73. The number of rotatable bonds is 13. The monoisotopic (exact) mass is 556 g/mol. The molecule has 0 bridgehead atoms. The average Bonchev–Trinajstić information content (AvgIpc) is 2.95. The number of benzene rings is 2. The van der Waals surface area contributed by atoms with Gasteiger partial charge < -0.3 is 20.4 Å². The molecule has 10 heteroatoms. The summed E-state index contributed by atoms with van der Waals surface area (Å²) >= 11 is 0.